The Morgan fingerprint density at radius 2 is 0.972 bits per heavy atom. The van der Waals surface area contributed by atoms with E-state index in [1.807, 2.05) is 13.8 Å². The summed E-state index contributed by atoms with van der Waals surface area (Å²) >= 11 is 0. The first kappa shape index (κ1) is 65.6. The lowest BCUT2D eigenvalue weighted by Crippen LogP contribution is -2.65. The first-order valence-corrected chi connectivity index (χ1v) is 29.3. The third-order valence-corrected chi connectivity index (χ3v) is 14.8. The summed E-state index contributed by atoms with van der Waals surface area (Å²) in [5.41, 5.74) is 0. The minimum atomic E-state index is -5.32. The highest BCUT2D eigenvalue weighted by atomic mass is 32.3. The van der Waals surface area contributed by atoms with Crippen LogP contribution in [0.4, 0.5) is 0 Å². The molecule has 2 heterocycles. The number of rotatable bonds is 42. The van der Waals surface area contributed by atoms with Crippen molar-refractivity contribution in [1.82, 2.24) is 0 Å². The van der Waals surface area contributed by atoms with E-state index < -0.39 is 109 Å². The normalized spacial score (nSPS) is 26.7. The van der Waals surface area contributed by atoms with Crippen LogP contribution in [-0.2, 0) is 47.9 Å². The average Bonchev–Trinajstić information content (AvgIpc) is 3.32. The number of aliphatic hydroxyl groups is 6. The SMILES string of the molecule is CCCCCCCCCCCCCCCC(=O)O[C@@H]1[C@@H](O)[C@H](CO)O[C@@H](O[C@H]2O[C@H](CO)[C@@H](O)[C@H](O)[C@H]2OS(=O)(=O)O)[C@H]1OC(=O)[C@H](C)C[C@@H](C)C[C@@H](C)[C@@H](O)CCCCCCCCCCCCCCC. The van der Waals surface area contributed by atoms with Gasteiger partial charge < -0.3 is 54.3 Å². The van der Waals surface area contributed by atoms with E-state index in [-0.39, 0.29) is 18.3 Å². The summed E-state index contributed by atoms with van der Waals surface area (Å²) in [5.74, 6) is -2.39. The van der Waals surface area contributed by atoms with Gasteiger partial charge in [-0.15, -0.1) is 0 Å². The molecule has 2 rings (SSSR count). The predicted octanol–water partition coefficient (Wildman–Crippen LogP) is 8.54. The fourth-order valence-electron chi connectivity index (χ4n) is 9.94. The van der Waals surface area contributed by atoms with Gasteiger partial charge in [0.1, 0.15) is 30.5 Å². The van der Waals surface area contributed by atoms with Crippen LogP contribution in [0.1, 0.15) is 227 Å². The van der Waals surface area contributed by atoms with Crippen molar-refractivity contribution in [3.8, 4) is 0 Å². The molecule has 0 saturated carbocycles. The van der Waals surface area contributed by atoms with Crippen LogP contribution < -0.4 is 0 Å². The molecule has 420 valence electrons. The number of hydrogen-bond acceptors (Lipinski definition) is 16. The van der Waals surface area contributed by atoms with Gasteiger partial charge >= 0.3 is 22.3 Å². The lowest BCUT2D eigenvalue weighted by Gasteiger charge is -2.46. The molecule has 17 nitrogen and oxygen atoms in total. The van der Waals surface area contributed by atoms with E-state index in [4.69, 9.17) is 23.7 Å². The molecule has 14 atom stereocenters. The van der Waals surface area contributed by atoms with Gasteiger partial charge in [-0.2, -0.15) is 8.42 Å². The Labute approximate surface area is 427 Å². The lowest BCUT2D eigenvalue weighted by molar-refractivity contribution is -0.374. The molecule has 0 radical (unpaired) electrons. The van der Waals surface area contributed by atoms with Crippen LogP contribution in [0.5, 0.6) is 0 Å². The molecule has 0 aromatic rings. The largest absolute Gasteiger partial charge is 0.455 e. The van der Waals surface area contributed by atoms with E-state index in [2.05, 4.69) is 18.0 Å². The molecule has 0 aromatic carbocycles. The molecule has 7 N–H and O–H groups in total. The topological polar surface area (TPSA) is 265 Å². The molecule has 0 spiro atoms. The van der Waals surface area contributed by atoms with Crippen LogP contribution in [0.15, 0.2) is 0 Å². The summed E-state index contributed by atoms with van der Waals surface area (Å²) in [6.07, 6.45) is 13.2. The van der Waals surface area contributed by atoms with Crippen LogP contribution >= 0.6 is 0 Å². The summed E-state index contributed by atoms with van der Waals surface area (Å²) in [6.45, 7) is 8.32. The van der Waals surface area contributed by atoms with E-state index in [1.54, 1.807) is 6.92 Å². The Balaban J connectivity index is 2.08. The fraction of sp³-hybridized carbons (Fsp3) is 0.962. The summed E-state index contributed by atoms with van der Waals surface area (Å²) < 4.78 is 66.9. The number of esters is 2. The van der Waals surface area contributed by atoms with Crippen LogP contribution in [0, 0.1) is 17.8 Å². The predicted molar refractivity (Wildman–Crippen MR) is 270 cm³/mol. The summed E-state index contributed by atoms with van der Waals surface area (Å²) in [7, 11) is -5.32. The second-order valence-corrected chi connectivity index (χ2v) is 22.0. The number of carbonyl (C=O) groups is 2. The Morgan fingerprint density at radius 1 is 0.549 bits per heavy atom. The Morgan fingerprint density at radius 3 is 1.42 bits per heavy atom. The van der Waals surface area contributed by atoms with Crippen molar-refractivity contribution in [1.29, 1.82) is 0 Å². The van der Waals surface area contributed by atoms with Crippen molar-refractivity contribution in [2.45, 2.75) is 295 Å². The summed E-state index contributed by atoms with van der Waals surface area (Å²) in [6, 6.07) is 0. The van der Waals surface area contributed by atoms with Crippen molar-refractivity contribution in [2.24, 2.45) is 17.8 Å². The first-order valence-electron chi connectivity index (χ1n) is 27.9. The van der Waals surface area contributed by atoms with Gasteiger partial charge in [-0.1, -0.05) is 195 Å². The highest BCUT2D eigenvalue weighted by molar-refractivity contribution is 7.80. The van der Waals surface area contributed by atoms with Crippen molar-refractivity contribution in [3.63, 3.8) is 0 Å². The van der Waals surface area contributed by atoms with Crippen LogP contribution in [0.25, 0.3) is 0 Å². The monoisotopic (exact) mass is 1040 g/mol. The number of ether oxygens (including phenoxy) is 5. The van der Waals surface area contributed by atoms with E-state index in [1.165, 1.54) is 116 Å². The van der Waals surface area contributed by atoms with E-state index in [0.29, 0.717) is 25.7 Å². The van der Waals surface area contributed by atoms with Gasteiger partial charge in [0, 0.05) is 6.42 Å². The molecular weight excluding hydrogens is 941 g/mol. The Kier molecular flexibility index (Phi) is 35.1. The molecule has 2 fully saturated rings. The van der Waals surface area contributed by atoms with Gasteiger partial charge in [0.15, 0.2) is 24.6 Å². The fourth-order valence-corrected chi connectivity index (χ4v) is 10.4. The van der Waals surface area contributed by atoms with Gasteiger partial charge in [-0.3, -0.25) is 14.1 Å². The Bertz CT molecular complexity index is 1470. The summed E-state index contributed by atoms with van der Waals surface area (Å²) in [5, 5.41) is 63.9. The average molecular weight is 1040 g/mol. The third kappa shape index (κ3) is 27.2. The van der Waals surface area contributed by atoms with Gasteiger partial charge in [-0.05, 0) is 37.5 Å². The smallest absolute Gasteiger partial charge is 0.397 e. The molecule has 71 heavy (non-hydrogen) atoms. The van der Waals surface area contributed by atoms with Crippen LogP contribution in [0.2, 0.25) is 0 Å². The molecule has 0 aromatic heterocycles. The highest BCUT2D eigenvalue weighted by Gasteiger charge is 2.54. The van der Waals surface area contributed by atoms with E-state index in [0.717, 1.165) is 44.9 Å². The first-order chi connectivity index (χ1) is 34.0. The second kappa shape index (κ2) is 38.1. The minimum Gasteiger partial charge on any atom is -0.455 e. The van der Waals surface area contributed by atoms with Crippen LogP contribution in [-0.4, -0.2) is 136 Å². The van der Waals surface area contributed by atoms with Gasteiger partial charge in [0.05, 0.1) is 25.2 Å². The number of unbranched alkanes of at least 4 members (excludes halogenated alkanes) is 24. The third-order valence-electron chi connectivity index (χ3n) is 14.3. The van der Waals surface area contributed by atoms with Gasteiger partial charge in [0.25, 0.3) is 0 Å². The zero-order valence-electron chi connectivity index (χ0n) is 44.3. The van der Waals surface area contributed by atoms with Crippen molar-refractivity contribution >= 4 is 22.3 Å². The van der Waals surface area contributed by atoms with Gasteiger partial charge in [-0.25, -0.2) is 4.18 Å². The Hall–Kier alpha value is -1.55. The molecule has 0 bridgehead atoms. The molecule has 2 aliphatic rings. The van der Waals surface area contributed by atoms with Crippen molar-refractivity contribution in [3.05, 3.63) is 0 Å². The molecule has 18 heteroatoms. The quantitative estimate of drug-likeness (QED) is 0.0171. The zero-order chi connectivity index (χ0) is 52.6. The number of aliphatic hydroxyl groups excluding tert-OH is 6. The number of hydrogen-bond donors (Lipinski definition) is 7. The van der Waals surface area contributed by atoms with E-state index >= 15 is 0 Å². The second-order valence-electron chi connectivity index (χ2n) is 20.9. The molecule has 2 aliphatic heterocycles. The molecular formula is C53H100O17S. The molecule has 0 unspecified atom stereocenters. The van der Waals surface area contributed by atoms with Crippen molar-refractivity contribution < 1.29 is 81.1 Å². The highest BCUT2D eigenvalue weighted by Crippen LogP contribution is 2.34. The number of carbonyl (C=O) groups excluding carboxylic acids is 2. The molecule has 0 aliphatic carbocycles. The van der Waals surface area contributed by atoms with Crippen LogP contribution in [0.3, 0.4) is 0 Å². The maximum absolute atomic E-state index is 14.0. The lowest BCUT2D eigenvalue weighted by atomic mass is 9.86. The minimum absolute atomic E-state index is 0.0343. The maximum atomic E-state index is 14.0. The molecule has 0 amide bonds. The standard InChI is InChI=1S/C53H100O17S/c1-6-8-10-12-14-16-18-20-22-24-26-28-30-32-41(56)39(4)34-38(3)35-40(5)51(61)68-50-48(67-44(57)33-31-29-27-25-23-21-19-17-15-13-11-9-7-2)46(59)43(37-55)66-53(50)69-52-49(70-71(62,63)64)47(60)45(58)42(36-54)65-52/h38-43,45-50,52-56,58-60H,6-37H2,1-5H3,(H,62,63,64)/t38-,39+,40+,41-,42+,43-,45+,46-,47-,48+,49+,50-,52+,53-/m0/s1. The van der Waals surface area contributed by atoms with Gasteiger partial charge in [0.2, 0.25) is 6.29 Å². The zero-order valence-corrected chi connectivity index (χ0v) is 45.1. The van der Waals surface area contributed by atoms with E-state index in [9.17, 15) is 53.2 Å². The summed E-state index contributed by atoms with van der Waals surface area (Å²) in [4.78, 5) is 27.4. The van der Waals surface area contributed by atoms with Crippen molar-refractivity contribution in [2.75, 3.05) is 13.2 Å². The molecule has 2 saturated heterocycles. The maximum Gasteiger partial charge on any atom is 0.397 e.